The monoisotopic (exact) mass is 404 g/mol. The van der Waals surface area contributed by atoms with Crippen LogP contribution in [0.2, 0.25) is 0 Å². The fourth-order valence-electron chi connectivity index (χ4n) is 3.11. The van der Waals surface area contributed by atoms with Crippen LogP contribution in [0.4, 0.5) is 0 Å². The molecule has 0 saturated carbocycles. The summed E-state index contributed by atoms with van der Waals surface area (Å²) < 4.78 is 5.87. The number of benzene rings is 1. The molecule has 7 heteroatoms. The zero-order valence-corrected chi connectivity index (χ0v) is 17.3. The van der Waals surface area contributed by atoms with Gasteiger partial charge in [-0.05, 0) is 49.5 Å². The van der Waals surface area contributed by atoms with Gasteiger partial charge in [0.2, 0.25) is 5.91 Å². The summed E-state index contributed by atoms with van der Waals surface area (Å²) in [5, 5.41) is 0. The van der Waals surface area contributed by atoms with Crippen LogP contribution in [-0.2, 0) is 9.59 Å². The molecule has 5 nitrogen and oxygen atoms in total. The number of nitrogens with zero attached hydrogens (tertiary/aromatic N) is 2. The topological polar surface area (TPSA) is 49.9 Å². The van der Waals surface area contributed by atoms with E-state index in [1.165, 1.54) is 16.7 Å². The third-order valence-corrected chi connectivity index (χ3v) is 6.17. The smallest absolute Gasteiger partial charge is 0.266 e. The van der Waals surface area contributed by atoms with Gasteiger partial charge in [0.1, 0.15) is 16.6 Å². The summed E-state index contributed by atoms with van der Waals surface area (Å²) in [6, 6.07) is 7.54. The second kappa shape index (κ2) is 8.89. The number of thiocarbonyl (C=S) groups is 1. The van der Waals surface area contributed by atoms with E-state index in [0.29, 0.717) is 21.8 Å². The van der Waals surface area contributed by atoms with E-state index in [0.717, 1.165) is 37.2 Å². The Morgan fingerprint density at radius 3 is 2.59 bits per heavy atom. The maximum absolute atomic E-state index is 12.7. The molecule has 1 aromatic rings. The van der Waals surface area contributed by atoms with Gasteiger partial charge in [0.25, 0.3) is 5.91 Å². The molecular weight excluding hydrogens is 380 g/mol. The number of rotatable bonds is 5. The second-order valence-corrected chi connectivity index (χ2v) is 8.51. The Morgan fingerprint density at radius 1 is 1.30 bits per heavy atom. The minimum absolute atomic E-state index is 0.0273. The molecule has 1 aromatic carbocycles. The molecule has 0 aromatic heterocycles. The minimum Gasteiger partial charge on any atom is -0.494 e. The molecule has 0 radical (unpaired) electrons. The normalized spacial score (nSPS) is 19.9. The summed E-state index contributed by atoms with van der Waals surface area (Å²) in [6.45, 7) is 6.30. The highest BCUT2D eigenvalue weighted by Gasteiger charge is 2.34. The predicted octanol–water partition coefficient (Wildman–Crippen LogP) is 3.55. The highest BCUT2D eigenvalue weighted by atomic mass is 32.2. The quantitative estimate of drug-likeness (QED) is 0.555. The zero-order valence-electron chi connectivity index (χ0n) is 15.6. The van der Waals surface area contributed by atoms with Crippen LogP contribution in [0.3, 0.4) is 0 Å². The third-order valence-electron chi connectivity index (χ3n) is 4.79. The molecule has 0 unspecified atom stereocenters. The molecule has 2 aliphatic heterocycles. The van der Waals surface area contributed by atoms with E-state index in [-0.39, 0.29) is 18.4 Å². The maximum atomic E-state index is 12.7. The van der Waals surface area contributed by atoms with E-state index in [9.17, 15) is 9.59 Å². The van der Waals surface area contributed by atoms with Crippen molar-refractivity contribution in [2.24, 2.45) is 5.92 Å². The molecule has 0 aliphatic carbocycles. The number of carbonyl (C=O) groups is 2. The number of hydrogen-bond donors (Lipinski definition) is 0. The van der Waals surface area contributed by atoms with Crippen molar-refractivity contribution in [2.75, 3.05) is 26.2 Å². The van der Waals surface area contributed by atoms with Gasteiger partial charge in [0.15, 0.2) is 0 Å². The first-order valence-electron chi connectivity index (χ1n) is 9.24. The molecule has 0 spiro atoms. The molecule has 0 atom stereocenters. The summed E-state index contributed by atoms with van der Waals surface area (Å²) in [4.78, 5) is 29.1. The van der Waals surface area contributed by atoms with Gasteiger partial charge in [-0.15, -0.1) is 0 Å². The summed E-state index contributed by atoms with van der Waals surface area (Å²) in [5.41, 5.74) is 0.898. The lowest BCUT2D eigenvalue weighted by atomic mass is 9.99. The van der Waals surface area contributed by atoms with Crippen LogP contribution in [0.1, 0.15) is 32.3 Å². The fraction of sp³-hybridized carbons (Fsp3) is 0.450. The van der Waals surface area contributed by atoms with Crippen molar-refractivity contribution in [2.45, 2.75) is 26.7 Å². The van der Waals surface area contributed by atoms with Crippen LogP contribution in [0.25, 0.3) is 6.08 Å². The molecule has 0 N–H and O–H groups in total. The van der Waals surface area contributed by atoms with Gasteiger partial charge in [0.05, 0.1) is 11.5 Å². The maximum Gasteiger partial charge on any atom is 0.266 e. The SMILES string of the molecule is CCOc1ccc(/C=C2/SC(=S)N(CC(=O)N3CCC(C)CC3)C2=O)cc1. The highest BCUT2D eigenvalue weighted by Crippen LogP contribution is 2.33. The van der Waals surface area contributed by atoms with Gasteiger partial charge >= 0.3 is 0 Å². The van der Waals surface area contributed by atoms with Gasteiger partial charge in [-0.2, -0.15) is 0 Å². The first kappa shape index (κ1) is 19.9. The van der Waals surface area contributed by atoms with Crippen molar-refractivity contribution in [3.63, 3.8) is 0 Å². The lowest BCUT2D eigenvalue weighted by Crippen LogP contribution is -2.45. The van der Waals surface area contributed by atoms with Gasteiger partial charge in [-0.1, -0.05) is 43.0 Å². The van der Waals surface area contributed by atoms with Crippen LogP contribution in [0, 0.1) is 5.92 Å². The van der Waals surface area contributed by atoms with E-state index in [1.54, 1.807) is 0 Å². The first-order chi connectivity index (χ1) is 13.0. The molecule has 2 heterocycles. The molecule has 2 fully saturated rings. The van der Waals surface area contributed by atoms with Gasteiger partial charge in [-0.25, -0.2) is 0 Å². The van der Waals surface area contributed by atoms with Crippen molar-refractivity contribution >= 4 is 46.2 Å². The Hall–Kier alpha value is -1.86. The number of likely N-dealkylation sites (tertiary alicyclic amines) is 1. The largest absolute Gasteiger partial charge is 0.494 e. The van der Waals surface area contributed by atoms with Crippen LogP contribution in [0.15, 0.2) is 29.2 Å². The van der Waals surface area contributed by atoms with Crippen molar-refractivity contribution in [3.8, 4) is 5.75 Å². The van der Waals surface area contributed by atoms with Crippen LogP contribution in [0.5, 0.6) is 5.75 Å². The second-order valence-electron chi connectivity index (χ2n) is 6.83. The van der Waals surface area contributed by atoms with E-state index in [4.69, 9.17) is 17.0 Å². The summed E-state index contributed by atoms with van der Waals surface area (Å²) in [6.07, 6.45) is 3.84. The minimum atomic E-state index is -0.197. The average Bonchev–Trinajstić information content (AvgIpc) is 2.91. The highest BCUT2D eigenvalue weighted by molar-refractivity contribution is 8.26. The Labute approximate surface area is 169 Å². The van der Waals surface area contributed by atoms with E-state index in [1.807, 2.05) is 42.2 Å². The number of carbonyl (C=O) groups excluding carboxylic acids is 2. The summed E-state index contributed by atoms with van der Waals surface area (Å²) >= 11 is 6.59. The molecular formula is C20H24N2O3S2. The lowest BCUT2D eigenvalue weighted by Gasteiger charge is -2.31. The Bertz CT molecular complexity index is 753. The van der Waals surface area contributed by atoms with E-state index in [2.05, 4.69) is 6.92 Å². The molecule has 2 amide bonds. The first-order valence-corrected chi connectivity index (χ1v) is 10.5. The Morgan fingerprint density at radius 2 is 1.96 bits per heavy atom. The standard InChI is InChI=1S/C20H24N2O3S2/c1-3-25-16-6-4-15(5-7-16)12-17-19(24)22(20(26)27-17)13-18(23)21-10-8-14(2)9-11-21/h4-7,12,14H,3,8-11,13H2,1-2H3/b17-12+. The van der Waals surface area contributed by atoms with Crippen LogP contribution in [-0.4, -0.2) is 52.2 Å². The number of hydrogen-bond acceptors (Lipinski definition) is 5. The van der Waals surface area contributed by atoms with E-state index >= 15 is 0 Å². The fourth-order valence-corrected chi connectivity index (χ4v) is 4.36. The summed E-state index contributed by atoms with van der Waals surface area (Å²) in [5.74, 6) is 1.23. The van der Waals surface area contributed by atoms with Crippen molar-refractivity contribution in [1.82, 2.24) is 9.80 Å². The zero-order chi connectivity index (χ0) is 19.4. The van der Waals surface area contributed by atoms with Crippen molar-refractivity contribution in [1.29, 1.82) is 0 Å². The number of piperidine rings is 1. The molecule has 27 heavy (non-hydrogen) atoms. The molecule has 3 rings (SSSR count). The average molecular weight is 405 g/mol. The number of thioether (sulfide) groups is 1. The third kappa shape index (κ3) is 4.90. The van der Waals surface area contributed by atoms with E-state index < -0.39 is 0 Å². The predicted molar refractivity (Wildman–Crippen MR) is 112 cm³/mol. The molecule has 2 saturated heterocycles. The van der Waals surface area contributed by atoms with Crippen molar-refractivity contribution < 1.29 is 14.3 Å². The molecule has 144 valence electrons. The number of amides is 2. The Balaban J connectivity index is 1.64. The van der Waals surface area contributed by atoms with Gasteiger partial charge in [0, 0.05) is 13.1 Å². The molecule has 0 bridgehead atoms. The van der Waals surface area contributed by atoms with Gasteiger partial charge in [-0.3, -0.25) is 14.5 Å². The van der Waals surface area contributed by atoms with Gasteiger partial charge < -0.3 is 9.64 Å². The van der Waals surface area contributed by atoms with Crippen LogP contribution >= 0.6 is 24.0 Å². The Kier molecular flexibility index (Phi) is 6.55. The van der Waals surface area contributed by atoms with Crippen LogP contribution < -0.4 is 4.74 Å². The number of ether oxygens (including phenoxy) is 1. The summed E-state index contributed by atoms with van der Waals surface area (Å²) in [7, 11) is 0. The lowest BCUT2D eigenvalue weighted by molar-refractivity contribution is -0.136. The molecule has 2 aliphatic rings. The van der Waals surface area contributed by atoms with Crippen molar-refractivity contribution in [3.05, 3.63) is 34.7 Å².